The van der Waals surface area contributed by atoms with E-state index in [9.17, 15) is 0 Å². The quantitative estimate of drug-likeness (QED) is 0.245. The molecule has 0 saturated heterocycles. The van der Waals surface area contributed by atoms with Crippen LogP contribution >= 0.6 is 0 Å². The third-order valence-corrected chi connectivity index (χ3v) is 2.48. The van der Waals surface area contributed by atoms with Crippen molar-refractivity contribution < 1.29 is 0 Å². The SMILES string of the molecule is CCCCCCCCCCC=NNN=NC. The second-order valence-corrected chi connectivity index (χ2v) is 3.98. The van der Waals surface area contributed by atoms with Gasteiger partial charge in [0.1, 0.15) is 0 Å². The van der Waals surface area contributed by atoms with Crippen LogP contribution in [0, 0.1) is 0 Å². The van der Waals surface area contributed by atoms with E-state index in [-0.39, 0.29) is 0 Å². The minimum absolute atomic E-state index is 1.03. The van der Waals surface area contributed by atoms with Crippen LogP contribution in [-0.4, -0.2) is 13.3 Å². The number of hydrogen-bond acceptors (Lipinski definition) is 3. The lowest BCUT2D eigenvalue weighted by atomic mass is 10.1. The van der Waals surface area contributed by atoms with Crippen molar-refractivity contribution in [2.24, 2.45) is 15.4 Å². The number of nitrogens with one attached hydrogen (secondary N) is 1. The Balaban J connectivity index is 3.00. The number of rotatable bonds is 11. The summed E-state index contributed by atoms with van der Waals surface area (Å²) in [5.41, 5.74) is 2.49. The third-order valence-electron chi connectivity index (χ3n) is 2.48. The first-order valence-corrected chi connectivity index (χ1v) is 6.47. The molecule has 0 aliphatic heterocycles. The second-order valence-electron chi connectivity index (χ2n) is 3.98. The summed E-state index contributed by atoms with van der Waals surface area (Å²) in [6.45, 7) is 2.26. The number of hydrazone groups is 1. The Bertz CT molecular complexity index is 178. The Kier molecular flexibility index (Phi) is 13.3. The molecule has 4 heteroatoms. The molecule has 0 radical (unpaired) electrons. The topological polar surface area (TPSA) is 49.1 Å². The minimum Gasteiger partial charge on any atom is -0.180 e. The van der Waals surface area contributed by atoms with Gasteiger partial charge in [-0.3, -0.25) is 0 Å². The van der Waals surface area contributed by atoms with Crippen LogP contribution in [-0.2, 0) is 0 Å². The fourth-order valence-corrected chi connectivity index (χ4v) is 1.55. The Morgan fingerprint density at radius 2 is 1.56 bits per heavy atom. The molecule has 1 N–H and O–H groups in total. The molecule has 0 aliphatic carbocycles. The van der Waals surface area contributed by atoms with Crippen LogP contribution in [0.2, 0.25) is 0 Å². The summed E-state index contributed by atoms with van der Waals surface area (Å²) in [4.78, 5) is 0. The van der Waals surface area contributed by atoms with Crippen LogP contribution < -0.4 is 5.53 Å². The first-order valence-electron chi connectivity index (χ1n) is 6.47. The zero-order valence-electron chi connectivity index (χ0n) is 10.8. The van der Waals surface area contributed by atoms with Crippen LogP contribution in [0.1, 0.15) is 64.7 Å². The van der Waals surface area contributed by atoms with E-state index in [4.69, 9.17) is 0 Å². The highest BCUT2D eigenvalue weighted by molar-refractivity contribution is 5.56. The lowest BCUT2D eigenvalue weighted by molar-refractivity contribution is 0.580. The highest BCUT2D eigenvalue weighted by Gasteiger charge is 1.90. The molecule has 0 bridgehead atoms. The normalized spacial score (nSPS) is 11.6. The summed E-state index contributed by atoms with van der Waals surface area (Å²) in [5, 5.41) is 10.9. The summed E-state index contributed by atoms with van der Waals surface area (Å²) < 4.78 is 0. The van der Waals surface area contributed by atoms with Crippen molar-refractivity contribution >= 4 is 6.21 Å². The van der Waals surface area contributed by atoms with E-state index >= 15 is 0 Å². The van der Waals surface area contributed by atoms with E-state index in [0.717, 1.165) is 6.42 Å². The van der Waals surface area contributed by atoms with E-state index in [1.807, 2.05) is 6.21 Å². The van der Waals surface area contributed by atoms with Crippen LogP contribution in [0.25, 0.3) is 0 Å². The van der Waals surface area contributed by atoms with Crippen LogP contribution in [0.4, 0.5) is 0 Å². The molecule has 0 heterocycles. The molecule has 0 aliphatic rings. The van der Waals surface area contributed by atoms with Crippen LogP contribution in [0.5, 0.6) is 0 Å². The summed E-state index contributed by atoms with van der Waals surface area (Å²) in [7, 11) is 1.61. The van der Waals surface area contributed by atoms with Crippen LogP contribution in [0.15, 0.2) is 15.4 Å². The second kappa shape index (κ2) is 14.1. The largest absolute Gasteiger partial charge is 0.180 e. The number of nitrogens with zero attached hydrogens (tertiary/aromatic N) is 3. The van der Waals surface area contributed by atoms with Gasteiger partial charge in [-0.05, 0) is 12.8 Å². The predicted molar refractivity (Wildman–Crippen MR) is 69.6 cm³/mol. The van der Waals surface area contributed by atoms with Crippen molar-refractivity contribution in [3.05, 3.63) is 0 Å². The minimum atomic E-state index is 1.03. The Labute approximate surface area is 99.6 Å². The Morgan fingerprint density at radius 1 is 0.938 bits per heavy atom. The van der Waals surface area contributed by atoms with E-state index in [0.29, 0.717) is 0 Å². The molecule has 0 unspecified atom stereocenters. The zero-order chi connectivity index (χ0) is 11.9. The van der Waals surface area contributed by atoms with Crippen molar-refractivity contribution in [2.45, 2.75) is 64.7 Å². The summed E-state index contributed by atoms with van der Waals surface area (Å²) in [6.07, 6.45) is 13.7. The van der Waals surface area contributed by atoms with Gasteiger partial charge in [0, 0.05) is 6.21 Å². The Morgan fingerprint density at radius 3 is 2.19 bits per heavy atom. The van der Waals surface area contributed by atoms with E-state index in [2.05, 4.69) is 27.9 Å². The summed E-state index contributed by atoms with van der Waals surface area (Å²) >= 11 is 0. The van der Waals surface area contributed by atoms with Gasteiger partial charge >= 0.3 is 0 Å². The average molecular weight is 226 g/mol. The molecule has 16 heavy (non-hydrogen) atoms. The summed E-state index contributed by atoms with van der Waals surface area (Å²) in [5.74, 6) is 0. The lowest BCUT2D eigenvalue weighted by Crippen LogP contribution is -1.92. The molecular weight excluding hydrogens is 200 g/mol. The predicted octanol–water partition coefficient (Wildman–Crippen LogP) is 4.09. The highest BCUT2D eigenvalue weighted by Crippen LogP contribution is 2.08. The number of hydrogen-bond donors (Lipinski definition) is 1. The maximum absolute atomic E-state index is 3.88. The molecule has 0 aromatic rings. The molecular formula is C12H26N4. The smallest absolute Gasteiger partial charge is 0.0509 e. The van der Waals surface area contributed by atoms with Crippen molar-refractivity contribution in [1.29, 1.82) is 0 Å². The molecule has 0 amide bonds. The van der Waals surface area contributed by atoms with Crippen LogP contribution in [0.3, 0.4) is 0 Å². The third kappa shape index (κ3) is 13.1. The first-order chi connectivity index (χ1) is 7.91. The zero-order valence-corrected chi connectivity index (χ0v) is 10.8. The molecule has 0 atom stereocenters. The van der Waals surface area contributed by atoms with Crippen molar-refractivity contribution in [3.8, 4) is 0 Å². The van der Waals surface area contributed by atoms with Gasteiger partial charge in [0.25, 0.3) is 0 Å². The van der Waals surface area contributed by atoms with E-state index < -0.39 is 0 Å². The van der Waals surface area contributed by atoms with Gasteiger partial charge < -0.3 is 0 Å². The molecule has 4 nitrogen and oxygen atoms in total. The van der Waals surface area contributed by atoms with Gasteiger partial charge in [-0.25, -0.2) is 0 Å². The van der Waals surface area contributed by atoms with Gasteiger partial charge in [-0.1, -0.05) is 57.1 Å². The van der Waals surface area contributed by atoms with Gasteiger partial charge in [0.05, 0.1) is 7.05 Å². The van der Waals surface area contributed by atoms with Crippen molar-refractivity contribution in [3.63, 3.8) is 0 Å². The molecule has 0 aromatic carbocycles. The van der Waals surface area contributed by atoms with Crippen molar-refractivity contribution in [2.75, 3.05) is 7.05 Å². The monoisotopic (exact) mass is 226 g/mol. The van der Waals surface area contributed by atoms with Gasteiger partial charge in [0.2, 0.25) is 0 Å². The molecule has 94 valence electrons. The highest BCUT2D eigenvalue weighted by atomic mass is 15.6. The molecule has 0 saturated carbocycles. The van der Waals surface area contributed by atoms with E-state index in [1.165, 1.54) is 51.4 Å². The number of unbranched alkanes of at least 4 members (excludes halogenated alkanes) is 8. The molecule has 0 spiro atoms. The maximum Gasteiger partial charge on any atom is 0.0509 e. The average Bonchev–Trinajstić information content (AvgIpc) is 2.31. The van der Waals surface area contributed by atoms with Gasteiger partial charge in [-0.15, -0.1) is 0 Å². The molecule has 0 aromatic heterocycles. The first kappa shape index (κ1) is 15.1. The van der Waals surface area contributed by atoms with E-state index in [1.54, 1.807) is 7.05 Å². The Hall–Kier alpha value is -0.930. The standard InChI is InChI=1S/C12H26N4/c1-3-4-5-6-7-8-9-10-11-12-14-16-15-13-2/h12H,3-11H2,1-2H3,(H,13,16). The van der Waals surface area contributed by atoms with Gasteiger partial charge in [0.15, 0.2) is 0 Å². The maximum atomic E-state index is 3.88. The van der Waals surface area contributed by atoms with Crippen molar-refractivity contribution in [1.82, 2.24) is 5.53 Å². The fourth-order valence-electron chi connectivity index (χ4n) is 1.55. The summed E-state index contributed by atoms with van der Waals surface area (Å²) in [6, 6.07) is 0. The molecule has 0 fully saturated rings. The molecule has 0 rings (SSSR count). The lowest BCUT2D eigenvalue weighted by Gasteiger charge is -1.99. The fraction of sp³-hybridized carbons (Fsp3) is 0.917. The van der Waals surface area contributed by atoms with Gasteiger partial charge in [-0.2, -0.15) is 15.8 Å².